The SMILES string of the molecule is CC1=CC(C)=C(N(C)C(=O)C2=C(Cl)C3=CC=CC(C)C3S2)CC1. The van der Waals surface area contributed by atoms with Gasteiger partial charge in [0.05, 0.1) is 9.94 Å². The molecule has 1 heterocycles. The molecule has 2 atom stereocenters. The number of rotatable bonds is 2. The third kappa shape index (κ3) is 2.97. The predicted molar refractivity (Wildman–Crippen MR) is 99.1 cm³/mol. The Balaban J connectivity index is 1.88. The summed E-state index contributed by atoms with van der Waals surface area (Å²) in [6.45, 7) is 6.39. The van der Waals surface area contributed by atoms with Gasteiger partial charge in [-0.05, 0) is 43.8 Å². The highest BCUT2D eigenvalue weighted by Crippen LogP contribution is 2.49. The van der Waals surface area contributed by atoms with Crippen LogP contribution in [0.3, 0.4) is 0 Å². The lowest BCUT2D eigenvalue weighted by Crippen LogP contribution is -2.28. The molecule has 2 aliphatic carbocycles. The van der Waals surface area contributed by atoms with E-state index in [0.29, 0.717) is 15.9 Å². The van der Waals surface area contributed by atoms with Gasteiger partial charge in [-0.3, -0.25) is 4.79 Å². The Hall–Kier alpha value is -1.19. The molecule has 0 bridgehead atoms. The van der Waals surface area contributed by atoms with Gasteiger partial charge in [-0.25, -0.2) is 0 Å². The van der Waals surface area contributed by atoms with E-state index in [4.69, 9.17) is 11.6 Å². The Labute approximate surface area is 147 Å². The minimum Gasteiger partial charge on any atom is -0.314 e. The van der Waals surface area contributed by atoms with Crippen molar-refractivity contribution in [2.75, 3.05) is 7.05 Å². The van der Waals surface area contributed by atoms with E-state index in [1.54, 1.807) is 16.7 Å². The summed E-state index contributed by atoms with van der Waals surface area (Å²) < 4.78 is 0. The predicted octanol–water partition coefficient (Wildman–Crippen LogP) is 5.16. The number of carbonyl (C=O) groups excluding carboxylic acids is 1. The quantitative estimate of drug-likeness (QED) is 0.687. The summed E-state index contributed by atoms with van der Waals surface area (Å²) in [6, 6.07) is 0. The van der Waals surface area contributed by atoms with E-state index >= 15 is 0 Å². The van der Waals surface area contributed by atoms with Crippen molar-refractivity contribution in [3.8, 4) is 0 Å². The summed E-state index contributed by atoms with van der Waals surface area (Å²) in [7, 11) is 1.87. The van der Waals surface area contributed by atoms with Crippen LogP contribution in [0.5, 0.6) is 0 Å². The molecule has 0 N–H and O–H groups in total. The number of halogens is 1. The van der Waals surface area contributed by atoms with Crippen LogP contribution in [0, 0.1) is 5.92 Å². The van der Waals surface area contributed by atoms with E-state index in [9.17, 15) is 4.79 Å². The van der Waals surface area contributed by atoms with Crippen molar-refractivity contribution >= 4 is 29.3 Å². The van der Waals surface area contributed by atoms with Crippen molar-refractivity contribution in [3.63, 3.8) is 0 Å². The maximum Gasteiger partial charge on any atom is 0.265 e. The third-order valence-electron chi connectivity index (χ3n) is 4.75. The summed E-state index contributed by atoms with van der Waals surface area (Å²) in [6.07, 6.45) is 10.4. The zero-order valence-corrected chi connectivity index (χ0v) is 15.6. The number of thioether (sulfide) groups is 1. The fourth-order valence-corrected chi connectivity index (χ4v) is 5.18. The van der Waals surface area contributed by atoms with Crippen LogP contribution >= 0.6 is 23.4 Å². The van der Waals surface area contributed by atoms with Gasteiger partial charge in [-0.2, -0.15) is 0 Å². The highest BCUT2D eigenvalue weighted by molar-refractivity contribution is 8.05. The van der Waals surface area contributed by atoms with Crippen molar-refractivity contribution in [2.24, 2.45) is 5.92 Å². The first-order chi connectivity index (χ1) is 10.9. The fourth-order valence-electron chi connectivity index (χ4n) is 3.38. The normalized spacial score (nSPS) is 27.0. The van der Waals surface area contributed by atoms with Crippen LogP contribution in [-0.2, 0) is 4.79 Å². The summed E-state index contributed by atoms with van der Waals surface area (Å²) in [4.78, 5) is 15.5. The molecule has 1 amide bonds. The van der Waals surface area contributed by atoms with Gasteiger partial charge in [0.15, 0.2) is 0 Å². The smallest absolute Gasteiger partial charge is 0.265 e. The molecular formula is C19H22ClNOS. The lowest BCUT2D eigenvalue weighted by molar-refractivity contribution is -0.123. The molecule has 0 aromatic rings. The minimum absolute atomic E-state index is 0.0183. The van der Waals surface area contributed by atoms with E-state index in [1.807, 2.05) is 19.2 Å². The topological polar surface area (TPSA) is 20.3 Å². The molecule has 0 radical (unpaired) electrons. The van der Waals surface area contributed by atoms with Crippen LogP contribution in [-0.4, -0.2) is 23.1 Å². The second-order valence-electron chi connectivity index (χ2n) is 6.53. The van der Waals surface area contributed by atoms with Gasteiger partial charge in [0.25, 0.3) is 5.91 Å². The number of fused-ring (bicyclic) bond motifs is 1. The fraction of sp³-hybridized carbons (Fsp3) is 0.421. The van der Waals surface area contributed by atoms with E-state index in [0.717, 1.165) is 24.1 Å². The van der Waals surface area contributed by atoms with Crippen LogP contribution in [0.25, 0.3) is 0 Å². The number of nitrogens with zero attached hydrogens (tertiary/aromatic N) is 1. The van der Waals surface area contributed by atoms with Crippen LogP contribution in [0.1, 0.15) is 33.6 Å². The number of hydrogen-bond donors (Lipinski definition) is 0. The maximum absolute atomic E-state index is 13.0. The first kappa shape index (κ1) is 16.7. The van der Waals surface area contributed by atoms with Crippen LogP contribution in [0.15, 0.2) is 56.7 Å². The Bertz CT molecular complexity index is 711. The molecule has 122 valence electrons. The molecule has 0 fully saturated rings. The Kier molecular flexibility index (Phi) is 4.61. The van der Waals surface area contributed by atoms with Crippen molar-refractivity contribution < 1.29 is 4.79 Å². The molecule has 3 rings (SSSR count). The molecule has 1 aliphatic heterocycles. The largest absolute Gasteiger partial charge is 0.314 e. The van der Waals surface area contributed by atoms with E-state index in [1.165, 1.54) is 11.1 Å². The highest BCUT2D eigenvalue weighted by atomic mass is 35.5. The highest BCUT2D eigenvalue weighted by Gasteiger charge is 2.37. The Morgan fingerprint density at radius 3 is 2.74 bits per heavy atom. The lowest BCUT2D eigenvalue weighted by atomic mass is 9.95. The van der Waals surface area contributed by atoms with E-state index < -0.39 is 0 Å². The molecule has 3 aliphatic rings. The van der Waals surface area contributed by atoms with Crippen molar-refractivity contribution in [1.29, 1.82) is 0 Å². The average Bonchev–Trinajstić information content (AvgIpc) is 2.85. The van der Waals surface area contributed by atoms with Gasteiger partial charge in [-0.1, -0.05) is 48.4 Å². The molecule has 23 heavy (non-hydrogen) atoms. The van der Waals surface area contributed by atoms with Gasteiger partial charge in [0.2, 0.25) is 0 Å². The summed E-state index contributed by atoms with van der Waals surface area (Å²) in [5.41, 5.74) is 4.74. The van der Waals surface area contributed by atoms with Gasteiger partial charge >= 0.3 is 0 Å². The lowest BCUT2D eigenvalue weighted by Gasteiger charge is -2.26. The zero-order valence-electron chi connectivity index (χ0n) is 14.0. The minimum atomic E-state index is 0.0183. The second kappa shape index (κ2) is 6.37. The molecule has 0 aromatic carbocycles. The molecule has 2 unspecified atom stereocenters. The summed E-state index contributed by atoms with van der Waals surface area (Å²) in [5, 5.41) is 0.900. The van der Waals surface area contributed by atoms with E-state index in [-0.39, 0.29) is 11.2 Å². The van der Waals surface area contributed by atoms with Crippen molar-refractivity contribution in [1.82, 2.24) is 4.90 Å². The summed E-state index contributed by atoms with van der Waals surface area (Å²) in [5.74, 6) is 0.412. The maximum atomic E-state index is 13.0. The third-order valence-corrected chi connectivity index (χ3v) is 6.82. The molecule has 0 spiro atoms. The zero-order chi connectivity index (χ0) is 16.7. The van der Waals surface area contributed by atoms with Crippen molar-refractivity contribution in [2.45, 2.75) is 38.9 Å². The second-order valence-corrected chi connectivity index (χ2v) is 8.06. The first-order valence-corrected chi connectivity index (χ1v) is 9.26. The number of likely N-dealkylation sites (N-methyl/N-ethyl adjacent to an activating group) is 1. The van der Waals surface area contributed by atoms with Crippen LogP contribution < -0.4 is 0 Å². The first-order valence-electron chi connectivity index (χ1n) is 8.00. The molecular weight excluding hydrogens is 326 g/mol. The van der Waals surface area contributed by atoms with E-state index in [2.05, 4.69) is 32.9 Å². The van der Waals surface area contributed by atoms with Crippen LogP contribution in [0.2, 0.25) is 0 Å². The molecule has 0 saturated carbocycles. The molecule has 0 saturated heterocycles. The number of hydrogen-bond acceptors (Lipinski definition) is 2. The number of carbonyl (C=O) groups is 1. The van der Waals surface area contributed by atoms with Crippen LogP contribution in [0.4, 0.5) is 0 Å². The van der Waals surface area contributed by atoms with Gasteiger partial charge < -0.3 is 4.90 Å². The van der Waals surface area contributed by atoms with Gasteiger partial charge in [-0.15, -0.1) is 11.8 Å². The molecule has 0 aromatic heterocycles. The number of amides is 1. The molecule has 4 heteroatoms. The number of allylic oxidation sites excluding steroid dienone is 8. The van der Waals surface area contributed by atoms with Crippen molar-refractivity contribution in [3.05, 3.63) is 56.7 Å². The Morgan fingerprint density at radius 1 is 1.35 bits per heavy atom. The standard InChI is InChI=1S/C19H22ClNOS/c1-11-8-9-15(13(3)10-11)21(4)19(22)18-16(20)14-7-5-6-12(2)17(14)23-18/h5-7,10,12,17H,8-9H2,1-4H3. The van der Waals surface area contributed by atoms with Gasteiger partial charge in [0, 0.05) is 18.0 Å². The average molecular weight is 348 g/mol. The molecule has 2 nitrogen and oxygen atoms in total. The Morgan fingerprint density at radius 2 is 2.09 bits per heavy atom. The monoisotopic (exact) mass is 347 g/mol. The van der Waals surface area contributed by atoms with Gasteiger partial charge in [0.1, 0.15) is 0 Å². The summed E-state index contributed by atoms with van der Waals surface area (Å²) >= 11 is 8.15.